The number of hydrogen-bond acceptors (Lipinski definition) is 0. The van der Waals surface area contributed by atoms with Crippen molar-refractivity contribution in [3.63, 3.8) is 0 Å². The molecule has 0 amide bonds. The Bertz CT molecular complexity index is 171. The number of imidazole rings is 1. The van der Waals surface area contributed by atoms with E-state index in [-0.39, 0.29) is 0 Å². The van der Waals surface area contributed by atoms with Gasteiger partial charge in [-0.2, -0.15) is 0 Å². The quantitative estimate of drug-likeness (QED) is 0.376. The van der Waals surface area contributed by atoms with E-state index in [0.29, 0.717) is 0 Å². The lowest BCUT2D eigenvalue weighted by Gasteiger charge is -1.79. The van der Waals surface area contributed by atoms with E-state index < -0.39 is 0 Å². The van der Waals surface area contributed by atoms with Crippen molar-refractivity contribution in [3.8, 4) is 0 Å². The van der Waals surface area contributed by atoms with Crippen molar-refractivity contribution < 1.29 is 4.57 Å². The average molecular weight is 223 g/mol. The van der Waals surface area contributed by atoms with Gasteiger partial charge in [0, 0.05) is 0 Å². The van der Waals surface area contributed by atoms with E-state index >= 15 is 0 Å². The Labute approximate surface area is 62.3 Å². The fraction of sp³-hybridized carbons (Fsp3) is 0.400. The van der Waals surface area contributed by atoms with Gasteiger partial charge in [-0.25, -0.2) is 9.13 Å². The van der Waals surface area contributed by atoms with Crippen LogP contribution in [0.1, 0.15) is 0 Å². The molecule has 0 aliphatic heterocycles. The van der Waals surface area contributed by atoms with E-state index in [1.54, 1.807) is 0 Å². The highest BCUT2D eigenvalue weighted by molar-refractivity contribution is 14.1. The first-order valence-electron chi connectivity index (χ1n) is 2.40. The van der Waals surface area contributed by atoms with Gasteiger partial charge in [-0.3, -0.25) is 0 Å². The van der Waals surface area contributed by atoms with Crippen LogP contribution in [0.2, 0.25) is 0 Å². The number of hydrogen-bond donors (Lipinski definition) is 0. The maximum Gasteiger partial charge on any atom is 0.244 e. The fourth-order valence-corrected chi connectivity index (χ4v) is 0.976. The first kappa shape index (κ1) is 6.07. The van der Waals surface area contributed by atoms with Crippen LogP contribution in [0.3, 0.4) is 0 Å². The third-order valence-corrected chi connectivity index (χ3v) is 1.75. The second-order valence-electron chi connectivity index (χ2n) is 1.71. The molecule has 0 spiro atoms. The van der Waals surface area contributed by atoms with Crippen molar-refractivity contribution in [2.45, 2.75) is 4.55 Å². The first-order chi connectivity index (χ1) is 3.83. The first-order valence-corrected chi connectivity index (χ1v) is 3.92. The molecule has 1 heterocycles. The van der Waals surface area contributed by atoms with Crippen LogP contribution in [0, 0.1) is 0 Å². The molecule has 0 N–H and O–H groups in total. The van der Waals surface area contributed by atoms with Crippen molar-refractivity contribution in [3.05, 3.63) is 18.7 Å². The van der Waals surface area contributed by atoms with Crippen LogP contribution in [-0.4, -0.2) is 4.57 Å². The highest BCUT2D eigenvalue weighted by Crippen LogP contribution is 1.81. The summed E-state index contributed by atoms with van der Waals surface area (Å²) in [5.74, 6) is 0. The highest BCUT2D eigenvalue weighted by Gasteiger charge is 1.93. The van der Waals surface area contributed by atoms with Gasteiger partial charge in [-0.15, -0.1) is 0 Å². The summed E-state index contributed by atoms with van der Waals surface area (Å²) in [7, 11) is 2.02. The third kappa shape index (κ3) is 1.21. The molecule has 8 heavy (non-hydrogen) atoms. The molecule has 1 aromatic heterocycles. The van der Waals surface area contributed by atoms with Gasteiger partial charge in [0.25, 0.3) is 0 Å². The fourth-order valence-electron chi connectivity index (χ4n) is 0.572. The van der Waals surface area contributed by atoms with Crippen molar-refractivity contribution in [1.29, 1.82) is 0 Å². The zero-order valence-electron chi connectivity index (χ0n) is 4.71. The molecule has 0 bridgehead atoms. The van der Waals surface area contributed by atoms with Crippen molar-refractivity contribution in [1.82, 2.24) is 4.57 Å². The van der Waals surface area contributed by atoms with Gasteiger partial charge in [0.2, 0.25) is 6.33 Å². The summed E-state index contributed by atoms with van der Waals surface area (Å²) < 4.78 is 5.16. The standard InChI is InChI=1S/C5H8IN2/c1-7-2-3-8(4-6)5-7/h2-3,5H,4H2,1H3/q+1. The van der Waals surface area contributed by atoms with Crippen LogP contribution < -0.4 is 4.57 Å². The lowest BCUT2D eigenvalue weighted by atomic mass is 10.9. The molecule has 0 radical (unpaired) electrons. The van der Waals surface area contributed by atoms with Gasteiger partial charge in [0.1, 0.15) is 16.9 Å². The Hall–Kier alpha value is -0.0600. The van der Waals surface area contributed by atoms with Gasteiger partial charge in [-0.05, 0) is 22.6 Å². The summed E-state index contributed by atoms with van der Waals surface area (Å²) in [6.45, 7) is 0. The Morgan fingerprint density at radius 3 is 2.75 bits per heavy atom. The summed E-state index contributed by atoms with van der Waals surface area (Å²) in [5, 5.41) is 0. The molecule has 1 aromatic rings. The topological polar surface area (TPSA) is 8.81 Å². The van der Waals surface area contributed by atoms with Gasteiger partial charge in [0.15, 0.2) is 0 Å². The minimum absolute atomic E-state index is 1.03. The SMILES string of the molecule is Cn1cc[n+](CI)c1. The summed E-state index contributed by atoms with van der Waals surface area (Å²) >= 11 is 2.32. The third-order valence-electron chi connectivity index (χ3n) is 0.962. The maximum absolute atomic E-state index is 2.32. The number of alkyl halides is 1. The molecule has 0 aliphatic rings. The number of halogens is 1. The largest absolute Gasteiger partial charge is 0.244 e. The molecule has 0 unspecified atom stereocenters. The Kier molecular flexibility index (Phi) is 1.88. The summed E-state index contributed by atoms with van der Waals surface area (Å²) in [4.78, 5) is 0. The molecule has 0 saturated heterocycles. The zero-order chi connectivity index (χ0) is 5.98. The minimum atomic E-state index is 1.03. The molecule has 0 atom stereocenters. The molecule has 0 fully saturated rings. The lowest BCUT2D eigenvalue weighted by Crippen LogP contribution is -2.26. The summed E-state index contributed by atoms with van der Waals surface area (Å²) in [6.07, 6.45) is 6.12. The van der Waals surface area contributed by atoms with E-state index in [4.69, 9.17) is 0 Å². The number of nitrogens with zero attached hydrogens (tertiary/aromatic N) is 2. The Morgan fingerprint density at radius 2 is 2.50 bits per heavy atom. The molecular weight excluding hydrogens is 215 g/mol. The average Bonchev–Trinajstić information content (AvgIpc) is 2.14. The minimum Gasteiger partial charge on any atom is -0.240 e. The van der Waals surface area contributed by atoms with Crippen molar-refractivity contribution in [2.75, 3.05) is 0 Å². The second-order valence-corrected chi connectivity index (χ2v) is 2.40. The zero-order valence-corrected chi connectivity index (χ0v) is 6.87. The van der Waals surface area contributed by atoms with E-state index in [1.807, 2.05) is 30.3 Å². The molecule has 3 heteroatoms. The molecule has 0 aliphatic carbocycles. The molecule has 2 nitrogen and oxygen atoms in total. The number of rotatable bonds is 1. The van der Waals surface area contributed by atoms with Gasteiger partial charge < -0.3 is 0 Å². The van der Waals surface area contributed by atoms with Gasteiger partial charge in [0.05, 0.1) is 7.05 Å². The van der Waals surface area contributed by atoms with Crippen LogP contribution in [0.15, 0.2) is 18.7 Å². The Balaban J connectivity index is 2.84. The summed E-state index contributed by atoms with van der Waals surface area (Å²) in [6, 6.07) is 0. The van der Waals surface area contributed by atoms with Gasteiger partial charge >= 0.3 is 0 Å². The molecule has 0 saturated carbocycles. The predicted molar refractivity (Wildman–Crippen MR) is 39.6 cm³/mol. The van der Waals surface area contributed by atoms with E-state index in [0.717, 1.165) is 4.55 Å². The monoisotopic (exact) mass is 223 g/mol. The molecule has 1 rings (SSSR count). The number of aromatic nitrogens is 2. The Morgan fingerprint density at radius 1 is 1.75 bits per heavy atom. The van der Waals surface area contributed by atoms with Gasteiger partial charge in [-0.1, -0.05) is 0 Å². The number of aryl methyl sites for hydroxylation is 1. The normalized spacial score (nSPS) is 9.75. The van der Waals surface area contributed by atoms with E-state index in [2.05, 4.69) is 27.2 Å². The van der Waals surface area contributed by atoms with Crippen molar-refractivity contribution in [2.24, 2.45) is 7.05 Å². The van der Waals surface area contributed by atoms with Crippen LogP contribution >= 0.6 is 22.6 Å². The van der Waals surface area contributed by atoms with Crippen LogP contribution in [0.4, 0.5) is 0 Å². The highest BCUT2D eigenvalue weighted by atomic mass is 127. The maximum atomic E-state index is 2.32. The summed E-state index contributed by atoms with van der Waals surface area (Å²) in [5.41, 5.74) is 0. The predicted octanol–water partition coefficient (Wildman–Crippen LogP) is 0.705. The smallest absolute Gasteiger partial charge is 0.240 e. The van der Waals surface area contributed by atoms with Crippen LogP contribution in [-0.2, 0) is 11.6 Å². The van der Waals surface area contributed by atoms with E-state index in [1.165, 1.54) is 0 Å². The molecule has 44 valence electrons. The molecule has 0 aromatic carbocycles. The lowest BCUT2D eigenvalue weighted by molar-refractivity contribution is -0.670. The van der Waals surface area contributed by atoms with Crippen molar-refractivity contribution >= 4 is 22.6 Å². The van der Waals surface area contributed by atoms with Crippen LogP contribution in [0.5, 0.6) is 0 Å². The molecular formula is C5H8IN2+. The van der Waals surface area contributed by atoms with E-state index in [9.17, 15) is 0 Å². The second kappa shape index (κ2) is 2.48. The van der Waals surface area contributed by atoms with Crippen LogP contribution in [0.25, 0.3) is 0 Å².